The predicted octanol–water partition coefficient (Wildman–Crippen LogP) is 2.11. The molecule has 0 heterocycles. The minimum absolute atomic E-state index is 0. The highest BCUT2D eigenvalue weighted by atomic mass is 35.5. The van der Waals surface area contributed by atoms with Gasteiger partial charge >= 0.3 is 0 Å². The van der Waals surface area contributed by atoms with Gasteiger partial charge in [0.2, 0.25) is 0 Å². The molecule has 0 aromatic heterocycles. The van der Waals surface area contributed by atoms with E-state index in [1.54, 1.807) is 0 Å². The number of rotatable bonds is 4. The molecule has 0 aromatic rings. The molecule has 0 fully saturated rings. The summed E-state index contributed by atoms with van der Waals surface area (Å²) in [4.78, 5) is 0. The van der Waals surface area contributed by atoms with Crippen molar-refractivity contribution in [3.05, 3.63) is 12.7 Å². The molecule has 0 radical (unpaired) electrons. The molecule has 0 bridgehead atoms. The maximum absolute atomic E-state index is 5.61. The van der Waals surface area contributed by atoms with E-state index < -0.39 is 0 Å². The van der Waals surface area contributed by atoms with Crippen LogP contribution >= 0.6 is 12.4 Å². The standard InChI is InChI=1S/C7H15N.ClH/c1-3-5-6-7(8)4-2;/h3,7H,1,4-6,8H2,2H3;1H. The fourth-order valence-electron chi connectivity index (χ4n) is 0.536. The first kappa shape index (κ1) is 11.7. The number of hydrogen-bond acceptors (Lipinski definition) is 1. The minimum Gasteiger partial charge on any atom is -0.328 e. The summed E-state index contributed by atoms with van der Waals surface area (Å²) in [6.45, 7) is 5.72. The average Bonchev–Trinajstić information content (AvgIpc) is 1.83. The summed E-state index contributed by atoms with van der Waals surface area (Å²) in [5.74, 6) is 0. The molecular formula is C7H16ClN. The van der Waals surface area contributed by atoms with E-state index in [0.29, 0.717) is 6.04 Å². The summed E-state index contributed by atoms with van der Waals surface area (Å²) >= 11 is 0. The molecule has 1 atom stereocenters. The Morgan fingerprint density at radius 2 is 2.22 bits per heavy atom. The smallest absolute Gasteiger partial charge is 0.00391 e. The van der Waals surface area contributed by atoms with Crippen LogP contribution < -0.4 is 5.73 Å². The fourth-order valence-corrected chi connectivity index (χ4v) is 0.536. The van der Waals surface area contributed by atoms with Gasteiger partial charge in [0.15, 0.2) is 0 Å². The molecule has 0 amide bonds. The normalized spacial score (nSPS) is 11.8. The van der Waals surface area contributed by atoms with Gasteiger partial charge < -0.3 is 5.73 Å². The Morgan fingerprint density at radius 3 is 2.56 bits per heavy atom. The Hall–Kier alpha value is -0.0100. The van der Waals surface area contributed by atoms with Gasteiger partial charge in [-0.3, -0.25) is 0 Å². The average molecular weight is 150 g/mol. The van der Waals surface area contributed by atoms with E-state index in [2.05, 4.69) is 13.5 Å². The van der Waals surface area contributed by atoms with Gasteiger partial charge in [-0.1, -0.05) is 13.0 Å². The van der Waals surface area contributed by atoms with E-state index in [1.165, 1.54) is 0 Å². The van der Waals surface area contributed by atoms with Gasteiger partial charge in [-0.25, -0.2) is 0 Å². The molecule has 0 rings (SSSR count). The molecule has 0 aliphatic carbocycles. The second-order valence-electron chi connectivity index (χ2n) is 2.03. The highest BCUT2D eigenvalue weighted by molar-refractivity contribution is 5.85. The van der Waals surface area contributed by atoms with Crippen molar-refractivity contribution in [2.75, 3.05) is 0 Å². The van der Waals surface area contributed by atoms with Crippen LogP contribution in [0.1, 0.15) is 26.2 Å². The third-order valence-electron chi connectivity index (χ3n) is 1.27. The lowest BCUT2D eigenvalue weighted by molar-refractivity contribution is 0.603. The quantitative estimate of drug-likeness (QED) is 0.609. The van der Waals surface area contributed by atoms with Gasteiger partial charge in [-0.2, -0.15) is 0 Å². The van der Waals surface area contributed by atoms with Crippen molar-refractivity contribution < 1.29 is 0 Å². The van der Waals surface area contributed by atoms with Crippen LogP contribution in [-0.4, -0.2) is 6.04 Å². The van der Waals surface area contributed by atoms with Gasteiger partial charge in [-0.05, 0) is 19.3 Å². The minimum atomic E-state index is 0. The van der Waals surface area contributed by atoms with Crippen LogP contribution in [0.3, 0.4) is 0 Å². The third-order valence-corrected chi connectivity index (χ3v) is 1.27. The zero-order valence-electron chi connectivity index (χ0n) is 5.97. The van der Waals surface area contributed by atoms with E-state index in [4.69, 9.17) is 5.73 Å². The summed E-state index contributed by atoms with van der Waals surface area (Å²) in [5.41, 5.74) is 5.61. The summed E-state index contributed by atoms with van der Waals surface area (Å²) < 4.78 is 0. The van der Waals surface area contributed by atoms with Crippen molar-refractivity contribution >= 4 is 12.4 Å². The molecular weight excluding hydrogens is 134 g/mol. The Labute approximate surface area is 63.7 Å². The summed E-state index contributed by atoms with van der Waals surface area (Å²) in [7, 11) is 0. The summed E-state index contributed by atoms with van der Waals surface area (Å²) in [5, 5.41) is 0. The van der Waals surface area contributed by atoms with Crippen molar-refractivity contribution in [1.29, 1.82) is 0 Å². The number of hydrogen-bond donors (Lipinski definition) is 1. The first-order valence-electron chi connectivity index (χ1n) is 3.17. The number of halogens is 1. The van der Waals surface area contributed by atoms with Crippen molar-refractivity contribution in [2.45, 2.75) is 32.2 Å². The van der Waals surface area contributed by atoms with Crippen LogP contribution in [0.2, 0.25) is 0 Å². The number of allylic oxidation sites excluding steroid dienone is 1. The fraction of sp³-hybridized carbons (Fsp3) is 0.714. The van der Waals surface area contributed by atoms with Crippen molar-refractivity contribution in [2.24, 2.45) is 5.73 Å². The lowest BCUT2D eigenvalue weighted by Gasteiger charge is -2.03. The second kappa shape index (κ2) is 7.99. The molecule has 1 unspecified atom stereocenters. The van der Waals surface area contributed by atoms with E-state index in [9.17, 15) is 0 Å². The second-order valence-corrected chi connectivity index (χ2v) is 2.03. The molecule has 0 aliphatic heterocycles. The molecule has 0 aliphatic rings. The Kier molecular flexibility index (Phi) is 10.4. The maximum atomic E-state index is 5.61. The lowest BCUT2D eigenvalue weighted by atomic mass is 10.1. The van der Waals surface area contributed by atoms with Crippen LogP contribution in [0, 0.1) is 0 Å². The van der Waals surface area contributed by atoms with Crippen molar-refractivity contribution in [3.63, 3.8) is 0 Å². The molecule has 0 saturated carbocycles. The molecule has 0 spiro atoms. The Bertz CT molecular complexity index is 63.9. The monoisotopic (exact) mass is 149 g/mol. The Balaban J connectivity index is 0. The lowest BCUT2D eigenvalue weighted by Crippen LogP contribution is -2.17. The van der Waals surface area contributed by atoms with Crippen LogP contribution in [0.5, 0.6) is 0 Å². The van der Waals surface area contributed by atoms with E-state index in [-0.39, 0.29) is 12.4 Å². The maximum Gasteiger partial charge on any atom is 0.00391 e. The predicted molar refractivity (Wildman–Crippen MR) is 44.9 cm³/mol. The van der Waals surface area contributed by atoms with Gasteiger partial charge in [0, 0.05) is 6.04 Å². The number of nitrogens with two attached hydrogens (primary N) is 1. The first-order valence-corrected chi connectivity index (χ1v) is 3.17. The molecule has 56 valence electrons. The highest BCUT2D eigenvalue weighted by Crippen LogP contribution is 1.97. The van der Waals surface area contributed by atoms with Crippen molar-refractivity contribution in [1.82, 2.24) is 0 Å². The van der Waals surface area contributed by atoms with Crippen LogP contribution in [0.15, 0.2) is 12.7 Å². The molecule has 0 saturated heterocycles. The van der Waals surface area contributed by atoms with E-state index in [0.717, 1.165) is 19.3 Å². The first-order chi connectivity index (χ1) is 3.81. The summed E-state index contributed by atoms with van der Waals surface area (Å²) in [6, 6.07) is 0.382. The largest absolute Gasteiger partial charge is 0.328 e. The topological polar surface area (TPSA) is 26.0 Å². The third kappa shape index (κ3) is 7.99. The van der Waals surface area contributed by atoms with Crippen LogP contribution in [-0.2, 0) is 0 Å². The van der Waals surface area contributed by atoms with Crippen LogP contribution in [0.25, 0.3) is 0 Å². The van der Waals surface area contributed by atoms with Gasteiger partial charge in [-0.15, -0.1) is 19.0 Å². The molecule has 9 heavy (non-hydrogen) atoms. The van der Waals surface area contributed by atoms with E-state index >= 15 is 0 Å². The highest BCUT2D eigenvalue weighted by Gasteiger charge is 1.93. The Morgan fingerprint density at radius 1 is 1.67 bits per heavy atom. The molecule has 0 aromatic carbocycles. The zero-order chi connectivity index (χ0) is 6.41. The SMILES string of the molecule is C=CCCC(N)CC.Cl. The molecule has 2 N–H and O–H groups in total. The zero-order valence-corrected chi connectivity index (χ0v) is 6.79. The van der Waals surface area contributed by atoms with Crippen LogP contribution in [0.4, 0.5) is 0 Å². The van der Waals surface area contributed by atoms with E-state index in [1.807, 2.05) is 6.08 Å². The molecule has 1 nitrogen and oxygen atoms in total. The summed E-state index contributed by atoms with van der Waals surface area (Å²) in [6.07, 6.45) is 5.12. The van der Waals surface area contributed by atoms with Gasteiger partial charge in [0.25, 0.3) is 0 Å². The van der Waals surface area contributed by atoms with Crippen molar-refractivity contribution in [3.8, 4) is 0 Å². The molecule has 2 heteroatoms. The van der Waals surface area contributed by atoms with Gasteiger partial charge in [0.05, 0.1) is 0 Å². The van der Waals surface area contributed by atoms with Gasteiger partial charge in [0.1, 0.15) is 0 Å².